The van der Waals surface area contributed by atoms with E-state index in [1.165, 1.54) is 5.69 Å². The summed E-state index contributed by atoms with van der Waals surface area (Å²) < 4.78 is 2.32. The first-order valence-electron chi connectivity index (χ1n) is 6.04. The van der Waals surface area contributed by atoms with Crippen LogP contribution in [0.1, 0.15) is 32.5 Å². The number of hydrogen-bond acceptors (Lipinski definition) is 2. The van der Waals surface area contributed by atoms with Gasteiger partial charge in [0.15, 0.2) is 0 Å². The van der Waals surface area contributed by atoms with Crippen LogP contribution in [0.25, 0.3) is 10.9 Å². The second-order valence-electron chi connectivity index (χ2n) is 4.45. The van der Waals surface area contributed by atoms with Gasteiger partial charge in [0, 0.05) is 22.9 Å². The second-order valence-corrected chi connectivity index (χ2v) is 5.72. The summed E-state index contributed by atoms with van der Waals surface area (Å²) in [5.41, 5.74) is 2.43. The summed E-state index contributed by atoms with van der Waals surface area (Å²) in [5.74, 6) is 2.50. The van der Waals surface area contributed by atoms with Crippen molar-refractivity contribution in [3.63, 3.8) is 0 Å². The molecule has 0 aliphatic rings. The van der Waals surface area contributed by atoms with Crippen LogP contribution in [0.3, 0.4) is 0 Å². The zero-order valence-electron chi connectivity index (χ0n) is 10.6. The zero-order chi connectivity index (χ0) is 12.4. The van der Waals surface area contributed by atoms with Crippen LogP contribution in [0.4, 0.5) is 0 Å². The molecule has 17 heavy (non-hydrogen) atoms. The summed E-state index contributed by atoms with van der Waals surface area (Å²) in [5, 5.41) is 10.9. The van der Waals surface area contributed by atoms with Crippen LogP contribution >= 0.6 is 11.8 Å². The Balaban J connectivity index is 2.58. The first-order chi connectivity index (χ1) is 8.15. The Morgan fingerprint density at radius 2 is 2.12 bits per heavy atom. The molecule has 2 aromatic rings. The van der Waals surface area contributed by atoms with Gasteiger partial charge in [0.05, 0.1) is 5.52 Å². The van der Waals surface area contributed by atoms with Gasteiger partial charge in [-0.1, -0.05) is 13.0 Å². The Kier molecular flexibility index (Phi) is 3.67. The highest BCUT2D eigenvalue weighted by Crippen LogP contribution is 2.31. The minimum atomic E-state index is 0.379. The van der Waals surface area contributed by atoms with Gasteiger partial charge in [-0.05, 0) is 37.8 Å². The molecule has 1 aromatic carbocycles. The standard InChI is InChI=1S/C14H19NOS/c1-4-17-9-11-8-12-13(15(11)10(2)3)6-5-7-14(12)16/h5-8,10,16H,4,9H2,1-3H3. The minimum absolute atomic E-state index is 0.379. The number of phenolic OH excluding ortho intramolecular Hbond substituents is 1. The number of aromatic hydroxyl groups is 1. The van der Waals surface area contributed by atoms with Gasteiger partial charge in [-0.2, -0.15) is 11.8 Å². The predicted molar refractivity (Wildman–Crippen MR) is 75.8 cm³/mol. The molecule has 0 atom stereocenters. The summed E-state index contributed by atoms with van der Waals surface area (Å²) in [6.45, 7) is 6.54. The van der Waals surface area contributed by atoms with Crippen molar-refractivity contribution in [1.82, 2.24) is 4.57 Å². The van der Waals surface area contributed by atoms with Crippen molar-refractivity contribution < 1.29 is 5.11 Å². The molecular weight excluding hydrogens is 230 g/mol. The first-order valence-corrected chi connectivity index (χ1v) is 7.20. The lowest BCUT2D eigenvalue weighted by Crippen LogP contribution is -2.04. The van der Waals surface area contributed by atoms with Crippen molar-refractivity contribution in [2.45, 2.75) is 32.6 Å². The number of benzene rings is 1. The molecule has 3 heteroatoms. The lowest BCUT2D eigenvalue weighted by molar-refractivity contribution is 0.481. The molecule has 1 N–H and O–H groups in total. The largest absolute Gasteiger partial charge is 0.507 e. The van der Waals surface area contributed by atoms with Crippen molar-refractivity contribution in [1.29, 1.82) is 0 Å². The molecule has 1 heterocycles. The average molecular weight is 249 g/mol. The summed E-state index contributed by atoms with van der Waals surface area (Å²) in [6.07, 6.45) is 0. The third-order valence-corrected chi connectivity index (χ3v) is 3.82. The summed E-state index contributed by atoms with van der Waals surface area (Å²) in [6, 6.07) is 8.28. The van der Waals surface area contributed by atoms with Gasteiger partial charge >= 0.3 is 0 Å². The van der Waals surface area contributed by atoms with Crippen LogP contribution in [0, 0.1) is 0 Å². The third kappa shape index (κ3) is 2.29. The van der Waals surface area contributed by atoms with Crippen LogP contribution in [0.15, 0.2) is 24.3 Å². The molecule has 0 aliphatic carbocycles. The Hall–Kier alpha value is -1.09. The monoisotopic (exact) mass is 249 g/mol. The van der Waals surface area contributed by atoms with E-state index >= 15 is 0 Å². The third-order valence-electron chi connectivity index (χ3n) is 2.91. The SMILES string of the molecule is CCSCc1cc2c(O)cccc2n1C(C)C. The lowest BCUT2D eigenvalue weighted by atomic mass is 10.2. The second kappa shape index (κ2) is 5.05. The number of aromatic nitrogens is 1. The number of rotatable bonds is 4. The number of hydrogen-bond donors (Lipinski definition) is 1. The molecule has 0 saturated carbocycles. The molecule has 92 valence electrons. The maximum Gasteiger partial charge on any atom is 0.124 e. The van der Waals surface area contributed by atoms with E-state index in [9.17, 15) is 5.11 Å². The Labute approximate surface area is 107 Å². The zero-order valence-corrected chi connectivity index (χ0v) is 11.4. The highest BCUT2D eigenvalue weighted by molar-refractivity contribution is 7.98. The average Bonchev–Trinajstić information content (AvgIpc) is 2.66. The van der Waals surface area contributed by atoms with Gasteiger partial charge in [0.2, 0.25) is 0 Å². The quantitative estimate of drug-likeness (QED) is 0.879. The van der Waals surface area contributed by atoms with Crippen LogP contribution in [-0.2, 0) is 5.75 Å². The maximum absolute atomic E-state index is 9.90. The van der Waals surface area contributed by atoms with E-state index in [4.69, 9.17) is 0 Å². The highest BCUT2D eigenvalue weighted by Gasteiger charge is 2.13. The molecule has 0 spiro atoms. The van der Waals surface area contributed by atoms with Crippen molar-refractivity contribution in [3.8, 4) is 5.75 Å². The molecule has 2 nitrogen and oxygen atoms in total. The fourth-order valence-electron chi connectivity index (χ4n) is 2.22. The fraction of sp³-hybridized carbons (Fsp3) is 0.429. The molecule has 0 unspecified atom stereocenters. The Morgan fingerprint density at radius 1 is 1.35 bits per heavy atom. The molecule has 0 fully saturated rings. The lowest BCUT2D eigenvalue weighted by Gasteiger charge is -2.14. The van der Waals surface area contributed by atoms with Gasteiger partial charge in [-0.15, -0.1) is 0 Å². The van der Waals surface area contributed by atoms with Crippen molar-refractivity contribution in [2.24, 2.45) is 0 Å². The summed E-state index contributed by atoms with van der Waals surface area (Å²) in [7, 11) is 0. The number of fused-ring (bicyclic) bond motifs is 1. The van der Waals surface area contributed by atoms with Gasteiger partial charge in [0.1, 0.15) is 5.75 Å². The first kappa shape index (κ1) is 12.4. The molecule has 1 aromatic heterocycles. The molecule has 0 bridgehead atoms. The maximum atomic E-state index is 9.90. The highest BCUT2D eigenvalue weighted by atomic mass is 32.2. The van der Waals surface area contributed by atoms with Crippen molar-refractivity contribution in [3.05, 3.63) is 30.0 Å². The molecule has 0 amide bonds. The molecule has 0 saturated heterocycles. The van der Waals surface area contributed by atoms with Gasteiger partial charge in [-0.25, -0.2) is 0 Å². The van der Waals surface area contributed by atoms with Gasteiger partial charge in [0.25, 0.3) is 0 Å². The predicted octanol–water partition coefficient (Wildman–Crippen LogP) is 4.18. The number of thioether (sulfide) groups is 1. The molecule has 2 rings (SSSR count). The van der Waals surface area contributed by atoms with Crippen LogP contribution in [0.5, 0.6) is 5.75 Å². The van der Waals surface area contributed by atoms with E-state index in [2.05, 4.69) is 37.5 Å². The molecule has 0 aliphatic heterocycles. The molecule has 0 radical (unpaired) electrons. The van der Waals surface area contributed by atoms with Crippen LogP contribution < -0.4 is 0 Å². The van der Waals surface area contributed by atoms with E-state index in [1.807, 2.05) is 17.8 Å². The van der Waals surface area contributed by atoms with E-state index in [0.29, 0.717) is 11.8 Å². The summed E-state index contributed by atoms with van der Waals surface area (Å²) in [4.78, 5) is 0. The number of nitrogens with zero attached hydrogens (tertiary/aromatic N) is 1. The van der Waals surface area contributed by atoms with Crippen molar-refractivity contribution in [2.75, 3.05) is 5.75 Å². The van der Waals surface area contributed by atoms with Crippen LogP contribution in [-0.4, -0.2) is 15.4 Å². The Morgan fingerprint density at radius 3 is 2.76 bits per heavy atom. The van der Waals surface area contributed by atoms with E-state index in [0.717, 1.165) is 22.4 Å². The minimum Gasteiger partial charge on any atom is -0.507 e. The van der Waals surface area contributed by atoms with Crippen molar-refractivity contribution >= 4 is 22.7 Å². The van der Waals surface area contributed by atoms with Crippen LogP contribution in [0.2, 0.25) is 0 Å². The molecular formula is C14H19NOS. The van der Waals surface area contributed by atoms with E-state index in [1.54, 1.807) is 6.07 Å². The van der Waals surface area contributed by atoms with E-state index in [-0.39, 0.29) is 0 Å². The Bertz CT molecular complexity index is 516. The van der Waals surface area contributed by atoms with Gasteiger partial charge < -0.3 is 9.67 Å². The topological polar surface area (TPSA) is 25.2 Å². The number of phenols is 1. The normalized spacial score (nSPS) is 11.5. The fourth-order valence-corrected chi connectivity index (χ4v) is 2.85. The smallest absolute Gasteiger partial charge is 0.124 e. The van der Waals surface area contributed by atoms with Gasteiger partial charge in [-0.3, -0.25) is 0 Å². The van der Waals surface area contributed by atoms with E-state index < -0.39 is 0 Å². The summed E-state index contributed by atoms with van der Waals surface area (Å²) >= 11 is 1.91.